The quantitative estimate of drug-likeness (QED) is 0.373. The summed E-state index contributed by atoms with van der Waals surface area (Å²) in [5.41, 5.74) is 5.89. The number of rotatable bonds is 8. The second-order valence-electron chi connectivity index (χ2n) is 12.7. The number of nitrogens with zero attached hydrogens (tertiary/aromatic N) is 5. The molecule has 2 bridgehead atoms. The van der Waals surface area contributed by atoms with Crippen LogP contribution in [-0.4, -0.2) is 72.5 Å². The van der Waals surface area contributed by atoms with Gasteiger partial charge in [0.15, 0.2) is 5.82 Å². The van der Waals surface area contributed by atoms with Gasteiger partial charge in [0.2, 0.25) is 0 Å². The number of aromatic nitrogens is 2. The number of hydrogen-bond donors (Lipinski definition) is 2. The third-order valence-corrected chi connectivity index (χ3v) is 10.8. The van der Waals surface area contributed by atoms with E-state index < -0.39 is 17.8 Å². The van der Waals surface area contributed by atoms with E-state index in [4.69, 9.17) is 27.1 Å². The van der Waals surface area contributed by atoms with Gasteiger partial charge < -0.3 is 20.7 Å². The van der Waals surface area contributed by atoms with Gasteiger partial charge in [0.05, 0.1) is 21.7 Å². The van der Waals surface area contributed by atoms with Crippen molar-refractivity contribution in [2.45, 2.75) is 50.4 Å². The fourth-order valence-electron chi connectivity index (χ4n) is 6.86. The van der Waals surface area contributed by atoms with Crippen LogP contribution in [0.1, 0.15) is 43.2 Å². The molecule has 3 atom stereocenters. The van der Waals surface area contributed by atoms with Crippen LogP contribution >= 0.6 is 22.9 Å². The maximum Gasteiger partial charge on any atom is 0.319 e. The molecular weight excluding hydrogens is 623 g/mol. The average Bonchev–Trinajstić information content (AvgIpc) is 3.35. The van der Waals surface area contributed by atoms with E-state index in [1.165, 1.54) is 6.08 Å². The van der Waals surface area contributed by atoms with Gasteiger partial charge in [0.25, 0.3) is 0 Å². The molecule has 1 aliphatic carbocycles. The monoisotopic (exact) mass is 655 g/mol. The van der Waals surface area contributed by atoms with Crippen LogP contribution in [-0.2, 0) is 0 Å². The Morgan fingerprint density at radius 1 is 1.27 bits per heavy atom. The lowest BCUT2D eigenvalue weighted by molar-refractivity contribution is 0.165. The summed E-state index contributed by atoms with van der Waals surface area (Å²) in [6, 6.07) is 4.25. The van der Waals surface area contributed by atoms with Gasteiger partial charge in [-0.25, -0.2) is 13.2 Å². The number of nitrogens with two attached hydrogens (primary N) is 1. The summed E-state index contributed by atoms with van der Waals surface area (Å²) >= 11 is 7.60. The van der Waals surface area contributed by atoms with Crippen molar-refractivity contribution >= 4 is 56.6 Å². The smallest absolute Gasteiger partial charge is 0.319 e. The van der Waals surface area contributed by atoms with Crippen molar-refractivity contribution in [3.63, 3.8) is 0 Å². The number of piperazine rings is 1. The highest BCUT2D eigenvalue weighted by Crippen LogP contribution is 2.47. The van der Waals surface area contributed by atoms with Gasteiger partial charge in [-0.3, -0.25) is 4.90 Å². The molecule has 7 rings (SSSR count). The molecule has 2 aromatic heterocycles. The molecule has 8 nitrogen and oxygen atoms in total. The van der Waals surface area contributed by atoms with Crippen LogP contribution in [0.4, 0.5) is 24.0 Å². The fraction of sp³-hybridized carbons (Fsp3) is 0.469. The highest BCUT2D eigenvalue weighted by atomic mass is 35.5. The minimum absolute atomic E-state index is 0.0117. The van der Waals surface area contributed by atoms with Crippen LogP contribution in [0.25, 0.3) is 22.8 Å². The van der Waals surface area contributed by atoms with E-state index >= 15 is 4.39 Å². The van der Waals surface area contributed by atoms with E-state index in [9.17, 15) is 14.0 Å². The van der Waals surface area contributed by atoms with Crippen LogP contribution in [0, 0.1) is 22.6 Å². The summed E-state index contributed by atoms with van der Waals surface area (Å²) in [7, 11) is 0. The van der Waals surface area contributed by atoms with Gasteiger partial charge in [0, 0.05) is 66.4 Å². The van der Waals surface area contributed by atoms with E-state index in [1.54, 1.807) is 6.07 Å². The Morgan fingerprint density at radius 3 is 2.67 bits per heavy atom. The summed E-state index contributed by atoms with van der Waals surface area (Å²) in [6.45, 7) is 7.11. The normalized spacial score (nSPS) is 25.1. The number of alkyl halides is 1. The lowest BCUT2D eigenvalue weighted by Crippen LogP contribution is -2.51. The Morgan fingerprint density at radius 2 is 2.02 bits per heavy atom. The molecule has 4 fully saturated rings. The standard InChI is InChI=1S/C32H33ClF3N7OS/c1-2-25(35)28-20(23(11-37)29(38)45-28)9-21-24(33)10-22-27(26(21)36)40-31(41-30(22)43-13-18-3-4-19(14-43)39-18)44-16-32(6-7-32)15-42-8-5-17(34)12-42/h2,9-10,17-19,39H,1,3-8,12-16,38H2/b20-9+,28-25-/t17-,18?,19?/m1/s1. The second kappa shape index (κ2) is 11.8. The molecule has 1 saturated carbocycles. The van der Waals surface area contributed by atoms with E-state index in [2.05, 4.69) is 26.7 Å². The predicted octanol–water partition coefficient (Wildman–Crippen LogP) is 4.17. The van der Waals surface area contributed by atoms with Crippen LogP contribution in [0.5, 0.6) is 6.01 Å². The van der Waals surface area contributed by atoms with E-state index in [0.717, 1.165) is 56.2 Å². The highest BCUT2D eigenvalue weighted by Gasteiger charge is 2.46. The zero-order valence-corrected chi connectivity index (χ0v) is 26.2. The van der Waals surface area contributed by atoms with Gasteiger partial charge in [-0.2, -0.15) is 15.2 Å². The fourth-order valence-corrected chi connectivity index (χ4v) is 8.03. The zero-order valence-electron chi connectivity index (χ0n) is 24.6. The van der Waals surface area contributed by atoms with Gasteiger partial charge in [-0.05, 0) is 50.3 Å². The van der Waals surface area contributed by atoms with Crippen LogP contribution < -0.4 is 30.4 Å². The SMILES string of the molecule is C=C/C(F)=c1/sc(N)c(C#N)/c1=C\c1c(Cl)cc2c(N3CC4CCC(C3)N4)nc(OCC3(CN4CC[C@@H](F)C4)CC3)nc2c1F. The van der Waals surface area contributed by atoms with Crippen molar-refractivity contribution in [2.24, 2.45) is 5.41 Å². The Hall–Kier alpha value is -3.37. The molecule has 236 valence electrons. The summed E-state index contributed by atoms with van der Waals surface area (Å²) < 4.78 is 51.4. The third kappa shape index (κ3) is 5.76. The Kier molecular flexibility index (Phi) is 7.92. The number of nitriles is 1. The largest absolute Gasteiger partial charge is 0.463 e. The van der Waals surface area contributed by atoms with Crippen molar-refractivity contribution < 1.29 is 17.9 Å². The second-order valence-corrected chi connectivity index (χ2v) is 14.1. The minimum Gasteiger partial charge on any atom is -0.463 e. The van der Waals surface area contributed by atoms with Crippen molar-refractivity contribution in [3.05, 3.63) is 50.4 Å². The number of fused-ring (bicyclic) bond motifs is 3. The summed E-state index contributed by atoms with van der Waals surface area (Å²) in [5.74, 6) is -0.889. The number of nitrogens with one attached hydrogen (secondary N) is 1. The van der Waals surface area contributed by atoms with E-state index in [-0.39, 0.29) is 47.8 Å². The van der Waals surface area contributed by atoms with Crippen LogP contribution in [0.15, 0.2) is 18.7 Å². The molecule has 3 N–H and O–H groups in total. The number of nitrogen functional groups attached to an aromatic ring is 1. The van der Waals surface area contributed by atoms with Crippen molar-refractivity contribution in [3.8, 4) is 12.1 Å². The molecule has 4 aliphatic rings. The number of allylic oxidation sites excluding steroid dienone is 1. The molecule has 0 radical (unpaired) electrons. The predicted molar refractivity (Wildman–Crippen MR) is 171 cm³/mol. The first kappa shape index (κ1) is 30.3. The Bertz CT molecular complexity index is 1840. The third-order valence-electron chi connectivity index (χ3n) is 9.40. The summed E-state index contributed by atoms with van der Waals surface area (Å²) in [6.07, 6.45) is 6.11. The molecule has 13 heteroatoms. The van der Waals surface area contributed by atoms with Crippen LogP contribution in [0.3, 0.4) is 0 Å². The Labute approximate surface area is 267 Å². The molecule has 3 aromatic rings. The molecule has 0 spiro atoms. The number of benzene rings is 1. The number of thiophene rings is 1. The minimum atomic E-state index is -0.791. The maximum atomic E-state index is 16.6. The first-order valence-electron chi connectivity index (χ1n) is 15.2. The number of ether oxygens (including phenoxy) is 1. The molecular formula is C32H33ClF3N7OS. The number of likely N-dealkylation sites (tertiary alicyclic amines) is 1. The summed E-state index contributed by atoms with van der Waals surface area (Å²) in [5, 5.41) is 14.1. The Balaban J connectivity index is 1.32. The number of hydrogen-bond acceptors (Lipinski definition) is 9. The molecule has 2 unspecified atom stereocenters. The van der Waals surface area contributed by atoms with Crippen LogP contribution in [0.2, 0.25) is 5.02 Å². The average molecular weight is 656 g/mol. The molecule has 45 heavy (non-hydrogen) atoms. The molecule has 0 amide bonds. The van der Waals surface area contributed by atoms with Crippen molar-refractivity contribution in [1.29, 1.82) is 5.26 Å². The van der Waals surface area contributed by atoms with Gasteiger partial charge in [0.1, 0.15) is 34.4 Å². The molecule has 5 heterocycles. The van der Waals surface area contributed by atoms with Gasteiger partial charge in [-0.15, -0.1) is 11.3 Å². The van der Waals surface area contributed by atoms with E-state index in [0.29, 0.717) is 55.9 Å². The van der Waals surface area contributed by atoms with E-state index in [1.807, 2.05) is 6.07 Å². The first-order chi connectivity index (χ1) is 21.7. The summed E-state index contributed by atoms with van der Waals surface area (Å²) in [4.78, 5) is 13.6. The van der Waals surface area contributed by atoms with Gasteiger partial charge >= 0.3 is 6.01 Å². The maximum absolute atomic E-state index is 16.6. The number of halogens is 4. The highest BCUT2D eigenvalue weighted by molar-refractivity contribution is 7.14. The lowest BCUT2D eigenvalue weighted by Gasteiger charge is -2.34. The van der Waals surface area contributed by atoms with Crippen molar-refractivity contribution in [1.82, 2.24) is 20.2 Å². The topological polar surface area (TPSA) is 103 Å². The number of anilines is 2. The first-order valence-corrected chi connectivity index (χ1v) is 16.4. The zero-order chi connectivity index (χ0) is 31.5. The molecule has 1 aromatic carbocycles. The molecule has 3 saturated heterocycles. The molecule has 3 aliphatic heterocycles. The van der Waals surface area contributed by atoms with Crippen molar-refractivity contribution in [2.75, 3.05) is 50.0 Å². The lowest BCUT2D eigenvalue weighted by atomic mass is 10.1. The van der Waals surface area contributed by atoms with Gasteiger partial charge in [-0.1, -0.05) is 18.2 Å².